The van der Waals surface area contributed by atoms with E-state index in [1.165, 1.54) is 23.1 Å². The molecule has 2 aromatic carbocycles. The zero-order valence-electron chi connectivity index (χ0n) is 22.9. The Morgan fingerprint density at radius 1 is 0.850 bits per heavy atom. The molecule has 2 aromatic rings. The van der Waals surface area contributed by atoms with Gasteiger partial charge in [-0.1, -0.05) is 49.2 Å². The number of halogens is 1. The van der Waals surface area contributed by atoms with E-state index in [1.54, 1.807) is 11.0 Å². The van der Waals surface area contributed by atoms with Gasteiger partial charge in [-0.2, -0.15) is 0 Å². The zero-order chi connectivity index (χ0) is 28.1. The highest BCUT2D eigenvalue weighted by Crippen LogP contribution is 2.39. The predicted molar refractivity (Wildman–Crippen MR) is 152 cm³/mol. The number of urea groups is 1. The van der Waals surface area contributed by atoms with Gasteiger partial charge in [-0.15, -0.1) is 0 Å². The maximum Gasteiger partial charge on any atom is 0.323 e. The quantitative estimate of drug-likeness (QED) is 0.490. The van der Waals surface area contributed by atoms with E-state index in [1.807, 2.05) is 30.3 Å². The summed E-state index contributed by atoms with van der Waals surface area (Å²) in [6, 6.07) is 15.0. The first-order valence-electron chi connectivity index (χ1n) is 14.7. The van der Waals surface area contributed by atoms with Gasteiger partial charge in [-0.25, -0.2) is 9.18 Å². The van der Waals surface area contributed by atoms with E-state index in [-0.39, 0.29) is 35.7 Å². The summed E-state index contributed by atoms with van der Waals surface area (Å²) in [5.41, 5.74) is 7.31. The van der Waals surface area contributed by atoms with Crippen LogP contribution in [0.3, 0.4) is 0 Å². The number of hydrogen-bond acceptors (Lipinski definition) is 4. The number of nitrogens with zero attached hydrogens (tertiary/aromatic N) is 2. The molecule has 1 heterocycles. The maximum absolute atomic E-state index is 14.4. The molecule has 0 aromatic heterocycles. The summed E-state index contributed by atoms with van der Waals surface area (Å²) in [4.78, 5) is 45.0. The first kappa shape index (κ1) is 28.1. The molecule has 1 aliphatic heterocycles. The van der Waals surface area contributed by atoms with E-state index < -0.39 is 18.0 Å². The Bertz CT molecular complexity index is 1180. The van der Waals surface area contributed by atoms with Gasteiger partial charge in [-0.3, -0.25) is 14.5 Å². The fourth-order valence-corrected chi connectivity index (χ4v) is 6.60. The fraction of sp³-hybridized carbons (Fsp3) is 0.516. The van der Waals surface area contributed by atoms with Crippen molar-refractivity contribution >= 4 is 23.5 Å². The van der Waals surface area contributed by atoms with Crippen LogP contribution in [0.15, 0.2) is 54.6 Å². The average Bonchev–Trinajstić information content (AvgIpc) is 3.49. The number of hydrogen-bond donors (Lipinski definition) is 3. The molecule has 3 aliphatic rings. The van der Waals surface area contributed by atoms with Gasteiger partial charge in [0.1, 0.15) is 5.82 Å². The van der Waals surface area contributed by atoms with Gasteiger partial charge in [0.05, 0.1) is 5.92 Å². The Morgan fingerprint density at radius 3 is 2.25 bits per heavy atom. The Kier molecular flexibility index (Phi) is 8.99. The van der Waals surface area contributed by atoms with Gasteiger partial charge in [0, 0.05) is 30.9 Å². The molecule has 5 rings (SSSR count). The summed E-state index contributed by atoms with van der Waals surface area (Å²) in [6.07, 6.45) is 6.68. The highest BCUT2D eigenvalue weighted by molar-refractivity contribution is 5.96. The van der Waals surface area contributed by atoms with Crippen molar-refractivity contribution in [3.63, 3.8) is 0 Å². The molecular weight excluding hydrogens is 509 g/mol. The number of anilines is 1. The molecule has 9 heteroatoms. The molecule has 0 radical (unpaired) electrons. The number of rotatable bonds is 6. The molecule has 1 saturated heterocycles. The van der Waals surface area contributed by atoms with Gasteiger partial charge in [0.2, 0.25) is 5.91 Å². The molecule has 214 valence electrons. The Hall–Kier alpha value is -3.46. The molecule has 0 bridgehead atoms. The standard InChI is InChI=1S/C31H40FN5O3/c32-23-12-6-13-26(20-23)35-31(40)37-19-7-18-36(29(37)28(38)34-25-16-14-24(33)15-17-25)30(39)27(22-10-4-5-11-22)21-8-2-1-3-9-21/h1-3,6,8-9,12-13,20,22,24-25,27,29H,4-5,7,10-11,14-19,33H2,(H,34,38)(H,35,40). The maximum atomic E-state index is 14.4. The lowest BCUT2D eigenvalue weighted by molar-refractivity contribution is -0.151. The van der Waals surface area contributed by atoms with Crippen molar-refractivity contribution in [2.24, 2.45) is 11.7 Å². The highest BCUT2D eigenvalue weighted by Gasteiger charge is 2.45. The third kappa shape index (κ3) is 6.46. The lowest BCUT2D eigenvalue weighted by Gasteiger charge is -2.45. The number of nitrogens with two attached hydrogens (primary N) is 1. The second kappa shape index (κ2) is 12.8. The smallest absolute Gasteiger partial charge is 0.323 e. The van der Waals surface area contributed by atoms with Gasteiger partial charge >= 0.3 is 6.03 Å². The van der Waals surface area contributed by atoms with E-state index in [0.717, 1.165) is 56.9 Å². The number of nitrogens with one attached hydrogen (secondary N) is 2. The lowest BCUT2D eigenvalue weighted by Crippen LogP contribution is -2.65. The molecule has 40 heavy (non-hydrogen) atoms. The van der Waals surface area contributed by atoms with Crippen LogP contribution in [0.2, 0.25) is 0 Å². The summed E-state index contributed by atoms with van der Waals surface area (Å²) in [5, 5.41) is 5.86. The topological polar surface area (TPSA) is 108 Å². The minimum Gasteiger partial charge on any atom is -0.350 e. The van der Waals surface area contributed by atoms with Crippen LogP contribution in [-0.4, -0.2) is 59.0 Å². The van der Waals surface area contributed by atoms with Crippen LogP contribution in [0.1, 0.15) is 69.3 Å². The molecule has 4 N–H and O–H groups in total. The fourth-order valence-electron chi connectivity index (χ4n) is 6.60. The summed E-state index contributed by atoms with van der Waals surface area (Å²) in [7, 11) is 0. The molecule has 0 spiro atoms. The molecule has 2 unspecified atom stereocenters. The molecule has 2 atom stereocenters. The third-order valence-corrected chi connectivity index (χ3v) is 8.66. The van der Waals surface area contributed by atoms with Crippen LogP contribution in [0.5, 0.6) is 0 Å². The Labute approximate surface area is 235 Å². The second-order valence-corrected chi connectivity index (χ2v) is 11.4. The Balaban J connectivity index is 1.44. The van der Waals surface area contributed by atoms with Crippen molar-refractivity contribution in [2.75, 3.05) is 18.4 Å². The predicted octanol–water partition coefficient (Wildman–Crippen LogP) is 4.58. The zero-order valence-corrected chi connectivity index (χ0v) is 22.9. The summed E-state index contributed by atoms with van der Waals surface area (Å²) >= 11 is 0. The first-order valence-corrected chi connectivity index (χ1v) is 14.7. The molecule has 3 fully saturated rings. The average molecular weight is 550 g/mol. The monoisotopic (exact) mass is 549 g/mol. The number of amides is 4. The van der Waals surface area contributed by atoms with Gasteiger partial charge in [-0.05, 0) is 74.6 Å². The summed E-state index contributed by atoms with van der Waals surface area (Å²) in [5.74, 6) is -1.14. The molecule has 8 nitrogen and oxygen atoms in total. The van der Waals surface area contributed by atoms with Crippen LogP contribution < -0.4 is 16.4 Å². The van der Waals surface area contributed by atoms with Crippen LogP contribution >= 0.6 is 0 Å². The van der Waals surface area contributed by atoms with Gasteiger partial charge in [0.15, 0.2) is 6.17 Å². The molecule has 2 saturated carbocycles. The van der Waals surface area contributed by atoms with Crippen molar-refractivity contribution < 1.29 is 18.8 Å². The van der Waals surface area contributed by atoms with Gasteiger partial charge < -0.3 is 21.3 Å². The SMILES string of the molecule is NC1CCC(NC(=O)C2N(C(=O)Nc3cccc(F)c3)CCCN2C(=O)C(c2ccccc2)C2CCCC2)CC1. The summed E-state index contributed by atoms with van der Waals surface area (Å²) < 4.78 is 13.8. The van der Waals surface area contributed by atoms with Gasteiger partial charge in [0.25, 0.3) is 5.91 Å². The van der Waals surface area contributed by atoms with Crippen molar-refractivity contribution in [2.45, 2.75) is 82.0 Å². The van der Waals surface area contributed by atoms with E-state index in [4.69, 9.17) is 5.73 Å². The third-order valence-electron chi connectivity index (χ3n) is 8.66. The van der Waals surface area contributed by atoms with Crippen LogP contribution in [0, 0.1) is 11.7 Å². The van der Waals surface area contributed by atoms with E-state index in [9.17, 15) is 18.8 Å². The lowest BCUT2D eigenvalue weighted by atomic mass is 9.83. The number of benzene rings is 2. The normalized spacial score (nSPS) is 24.4. The summed E-state index contributed by atoms with van der Waals surface area (Å²) in [6.45, 7) is 0.685. The molecule has 2 aliphatic carbocycles. The van der Waals surface area contributed by atoms with E-state index in [0.29, 0.717) is 25.2 Å². The van der Waals surface area contributed by atoms with Crippen LogP contribution in [-0.2, 0) is 9.59 Å². The van der Waals surface area contributed by atoms with E-state index >= 15 is 0 Å². The highest BCUT2D eigenvalue weighted by atomic mass is 19.1. The second-order valence-electron chi connectivity index (χ2n) is 11.4. The first-order chi connectivity index (χ1) is 19.4. The van der Waals surface area contributed by atoms with Crippen LogP contribution in [0.25, 0.3) is 0 Å². The van der Waals surface area contributed by atoms with Crippen molar-refractivity contribution in [1.29, 1.82) is 0 Å². The number of carbonyl (C=O) groups excluding carboxylic acids is 3. The largest absolute Gasteiger partial charge is 0.350 e. The minimum absolute atomic E-state index is 0.0564. The van der Waals surface area contributed by atoms with Crippen molar-refractivity contribution in [3.05, 3.63) is 66.0 Å². The molecular formula is C31H40FN5O3. The van der Waals surface area contributed by atoms with Crippen molar-refractivity contribution in [3.8, 4) is 0 Å². The minimum atomic E-state index is -1.10. The Morgan fingerprint density at radius 2 is 1.55 bits per heavy atom. The van der Waals surface area contributed by atoms with Crippen molar-refractivity contribution in [1.82, 2.24) is 15.1 Å². The van der Waals surface area contributed by atoms with Crippen LogP contribution in [0.4, 0.5) is 14.9 Å². The molecule has 4 amide bonds. The van der Waals surface area contributed by atoms with E-state index in [2.05, 4.69) is 10.6 Å². The number of carbonyl (C=O) groups is 3.